The van der Waals surface area contributed by atoms with Crippen molar-refractivity contribution in [3.8, 4) is 0 Å². The van der Waals surface area contributed by atoms with Crippen LogP contribution in [0.3, 0.4) is 0 Å². The summed E-state index contributed by atoms with van der Waals surface area (Å²) in [5.74, 6) is 0. The number of benzene rings is 1. The summed E-state index contributed by atoms with van der Waals surface area (Å²) in [6.45, 7) is 0. The Bertz CT molecular complexity index is 239. The summed E-state index contributed by atoms with van der Waals surface area (Å²) in [6.07, 6.45) is 7.26. The summed E-state index contributed by atoms with van der Waals surface area (Å²) in [5.41, 5.74) is 1.46. The fraction of sp³-hybridized carbons (Fsp3) is 0.333. The smallest absolute Gasteiger partial charge is 0.0274 e. The van der Waals surface area contributed by atoms with E-state index in [9.17, 15) is 0 Å². The molecular weight excluding hydrogens is 271 g/mol. The Kier molecular flexibility index (Phi) is 5.90. The second kappa shape index (κ2) is 7.13. The minimum Gasteiger partial charge on any atom is -0.0785 e. The molecule has 0 bridgehead atoms. The largest absolute Gasteiger partial charge is 0.0785 e. The van der Waals surface area contributed by atoms with Crippen molar-refractivity contribution in [3.05, 3.63) is 46.1 Å². The third-order valence-electron chi connectivity index (χ3n) is 2.02. The van der Waals surface area contributed by atoms with Gasteiger partial charge >= 0.3 is 0 Å². The first-order chi connectivity index (χ1) is 6.43. The predicted octanol–water partition coefficient (Wildman–Crippen LogP) is 4.35. The number of aryl methyl sites for hydroxylation is 1. The first kappa shape index (κ1) is 10.8. The molecule has 0 heterocycles. The van der Waals surface area contributed by atoms with Gasteiger partial charge in [-0.25, -0.2) is 0 Å². The zero-order valence-electron chi connectivity index (χ0n) is 7.75. The number of unbranched alkanes of at least 4 members (excludes halogenated alkanes) is 2. The Morgan fingerprint density at radius 3 is 2.54 bits per heavy atom. The minimum absolute atomic E-state index is 1.22. The Morgan fingerprint density at radius 1 is 1.08 bits per heavy atom. The molecule has 0 aliphatic rings. The number of hydrogen-bond donors (Lipinski definition) is 0. The molecule has 1 heteroatoms. The van der Waals surface area contributed by atoms with Gasteiger partial charge in [-0.15, -0.1) is 0 Å². The molecule has 0 N–H and O–H groups in total. The molecule has 1 rings (SSSR count). The average molecular weight is 286 g/mol. The molecule has 1 aromatic carbocycles. The van der Waals surface area contributed by atoms with Crippen LogP contribution in [0.15, 0.2) is 40.5 Å². The lowest BCUT2D eigenvalue weighted by molar-refractivity contribution is 0.748. The first-order valence-corrected chi connectivity index (χ1v) is 5.97. The van der Waals surface area contributed by atoms with E-state index in [1.54, 1.807) is 0 Å². The summed E-state index contributed by atoms with van der Waals surface area (Å²) < 4.78 is 2.10. The van der Waals surface area contributed by atoms with E-state index in [-0.39, 0.29) is 0 Å². The van der Waals surface area contributed by atoms with Gasteiger partial charge in [0, 0.05) is 0 Å². The van der Waals surface area contributed by atoms with Crippen LogP contribution >= 0.6 is 22.6 Å². The van der Waals surface area contributed by atoms with Crippen molar-refractivity contribution >= 4 is 22.6 Å². The predicted molar refractivity (Wildman–Crippen MR) is 67.2 cm³/mol. The highest BCUT2D eigenvalue weighted by Gasteiger charge is 1.90. The molecule has 0 aliphatic carbocycles. The minimum atomic E-state index is 1.22. The van der Waals surface area contributed by atoms with Gasteiger partial charge in [0.1, 0.15) is 0 Å². The van der Waals surface area contributed by atoms with Gasteiger partial charge in [-0.2, -0.15) is 0 Å². The van der Waals surface area contributed by atoms with Crippen LogP contribution in [0.2, 0.25) is 0 Å². The first-order valence-electron chi connectivity index (χ1n) is 4.72. The average Bonchev–Trinajstić information content (AvgIpc) is 2.19. The summed E-state index contributed by atoms with van der Waals surface area (Å²) in [4.78, 5) is 0. The third-order valence-corrected chi connectivity index (χ3v) is 2.53. The summed E-state index contributed by atoms with van der Waals surface area (Å²) in [7, 11) is 0. The van der Waals surface area contributed by atoms with Crippen molar-refractivity contribution in [2.45, 2.75) is 25.7 Å². The molecule has 0 radical (unpaired) electrons. The van der Waals surface area contributed by atoms with Crippen LogP contribution in [0.4, 0.5) is 0 Å². The number of halogens is 1. The molecule has 0 unspecified atom stereocenters. The van der Waals surface area contributed by atoms with Crippen LogP contribution < -0.4 is 0 Å². The lowest BCUT2D eigenvalue weighted by Gasteiger charge is -1.98. The van der Waals surface area contributed by atoms with Crippen molar-refractivity contribution in [2.24, 2.45) is 0 Å². The topological polar surface area (TPSA) is 0 Å². The SMILES string of the molecule is IC=CCCCCc1ccccc1. The molecule has 0 aliphatic heterocycles. The number of hydrogen-bond acceptors (Lipinski definition) is 0. The maximum absolute atomic E-state index is 2.27. The van der Waals surface area contributed by atoms with E-state index in [1.165, 1.54) is 31.2 Å². The van der Waals surface area contributed by atoms with Crippen molar-refractivity contribution in [1.29, 1.82) is 0 Å². The monoisotopic (exact) mass is 286 g/mol. The summed E-state index contributed by atoms with van der Waals surface area (Å²) in [6, 6.07) is 10.7. The maximum Gasteiger partial charge on any atom is -0.0274 e. The zero-order valence-corrected chi connectivity index (χ0v) is 9.91. The lowest BCUT2D eigenvalue weighted by atomic mass is 10.1. The Morgan fingerprint density at radius 2 is 1.85 bits per heavy atom. The maximum atomic E-state index is 2.27. The van der Waals surface area contributed by atoms with E-state index in [2.05, 4.69) is 63.1 Å². The van der Waals surface area contributed by atoms with E-state index in [0.29, 0.717) is 0 Å². The van der Waals surface area contributed by atoms with Crippen molar-refractivity contribution in [2.75, 3.05) is 0 Å². The van der Waals surface area contributed by atoms with Gasteiger partial charge in [-0.1, -0.05) is 59.0 Å². The second-order valence-corrected chi connectivity index (χ2v) is 3.81. The Hall–Kier alpha value is -0.310. The van der Waals surface area contributed by atoms with Crippen molar-refractivity contribution in [3.63, 3.8) is 0 Å². The second-order valence-electron chi connectivity index (χ2n) is 3.09. The molecule has 0 spiro atoms. The molecule has 0 aromatic heterocycles. The van der Waals surface area contributed by atoms with E-state index < -0.39 is 0 Å². The van der Waals surface area contributed by atoms with Gasteiger partial charge in [-0.3, -0.25) is 0 Å². The van der Waals surface area contributed by atoms with E-state index in [0.717, 1.165) is 0 Å². The quantitative estimate of drug-likeness (QED) is 0.557. The van der Waals surface area contributed by atoms with Gasteiger partial charge in [0.15, 0.2) is 0 Å². The van der Waals surface area contributed by atoms with Crippen LogP contribution in [0.25, 0.3) is 0 Å². The number of rotatable bonds is 5. The highest BCUT2D eigenvalue weighted by Crippen LogP contribution is 2.06. The molecule has 0 atom stereocenters. The number of allylic oxidation sites excluding steroid dienone is 1. The van der Waals surface area contributed by atoms with Crippen LogP contribution in [0.5, 0.6) is 0 Å². The van der Waals surface area contributed by atoms with Gasteiger partial charge in [-0.05, 0) is 35.3 Å². The van der Waals surface area contributed by atoms with Crippen LogP contribution in [-0.4, -0.2) is 0 Å². The molecule has 0 saturated carbocycles. The summed E-state index contributed by atoms with van der Waals surface area (Å²) in [5, 5.41) is 0. The summed E-state index contributed by atoms with van der Waals surface area (Å²) >= 11 is 2.27. The van der Waals surface area contributed by atoms with Crippen LogP contribution in [-0.2, 0) is 6.42 Å². The molecular formula is C12H15I. The highest BCUT2D eigenvalue weighted by molar-refractivity contribution is 14.1. The molecule has 0 saturated heterocycles. The Balaban J connectivity index is 2.13. The molecule has 0 fully saturated rings. The lowest BCUT2D eigenvalue weighted by Crippen LogP contribution is -1.83. The molecule has 13 heavy (non-hydrogen) atoms. The zero-order chi connectivity index (χ0) is 9.36. The molecule has 0 amide bonds. The standard InChI is InChI=1S/C12H15I/c13-11-7-2-1-4-8-12-9-5-3-6-10-12/h3,5-7,9-11H,1-2,4,8H2. The fourth-order valence-corrected chi connectivity index (χ4v) is 1.66. The van der Waals surface area contributed by atoms with Crippen molar-refractivity contribution in [1.82, 2.24) is 0 Å². The third kappa shape index (κ3) is 5.09. The highest BCUT2D eigenvalue weighted by atomic mass is 127. The molecule has 1 aromatic rings. The fourth-order valence-electron chi connectivity index (χ4n) is 1.30. The van der Waals surface area contributed by atoms with Gasteiger partial charge in [0.05, 0.1) is 0 Å². The van der Waals surface area contributed by atoms with E-state index >= 15 is 0 Å². The van der Waals surface area contributed by atoms with E-state index in [1.807, 2.05) is 0 Å². The Labute approximate surface area is 94.2 Å². The molecule has 70 valence electrons. The van der Waals surface area contributed by atoms with Crippen LogP contribution in [0, 0.1) is 0 Å². The van der Waals surface area contributed by atoms with Gasteiger partial charge in [0.25, 0.3) is 0 Å². The van der Waals surface area contributed by atoms with Gasteiger partial charge < -0.3 is 0 Å². The normalized spacial score (nSPS) is 10.8. The van der Waals surface area contributed by atoms with Crippen LogP contribution in [0.1, 0.15) is 24.8 Å². The molecule has 0 nitrogen and oxygen atoms in total. The van der Waals surface area contributed by atoms with E-state index in [4.69, 9.17) is 0 Å². The van der Waals surface area contributed by atoms with Gasteiger partial charge in [0.2, 0.25) is 0 Å². The van der Waals surface area contributed by atoms with Crippen molar-refractivity contribution < 1.29 is 0 Å².